The molecule has 0 spiro atoms. The van der Waals surface area contributed by atoms with E-state index >= 15 is 0 Å². The van der Waals surface area contributed by atoms with Gasteiger partial charge in [0.25, 0.3) is 0 Å². The van der Waals surface area contributed by atoms with Crippen LogP contribution in [-0.4, -0.2) is 0 Å². The van der Waals surface area contributed by atoms with Crippen LogP contribution < -0.4 is 0 Å². The van der Waals surface area contributed by atoms with Gasteiger partial charge in [-0.1, -0.05) is 0 Å². The molecule has 2 aromatic rings. The molecule has 3 rings (SSSR count). The van der Waals surface area contributed by atoms with Crippen molar-refractivity contribution in [2.45, 2.75) is 102 Å². The molecule has 0 aromatic heterocycles. The monoisotopic (exact) mass is 575 g/mol. The van der Waals surface area contributed by atoms with Gasteiger partial charge in [-0.3, -0.25) is 0 Å². The third-order valence-electron chi connectivity index (χ3n) is 6.91. The van der Waals surface area contributed by atoms with Gasteiger partial charge in [0, 0.05) is 0 Å². The first-order valence-corrected chi connectivity index (χ1v) is 20.4. The van der Waals surface area contributed by atoms with Crippen LogP contribution in [0.15, 0.2) is 35.9 Å². The molecule has 0 radical (unpaired) electrons. The number of benzene rings is 2. The SMILES string of the molecule is CC(C)CC1=Cc2c(ccc(C(C)(C)C)c2-c2cc(C(C)(C)C)cc(C(C)(C)C)c2)[CH]1[Zr]([Cl])[Cl]. The van der Waals surface area contributed by atoms with Gasteiger partial charge in [-0.15, -0.1) is 0 Å². The second kappa shape index (κ2) is 9.84. The fourth-order valence-corrected chi connectivity index (χ4v) is 10.4. The van der Waals surface area contributed by atoms with Crippen molar-refractivity contribution in [2.24, 2.45) is 5.92 Å². The van der Waals surface area contributed by atoms with Gasteiger partial charge >= 0.3 is 226 Å². The molecule has 2 aromatic carbocycles. The molecule has 0 saturated carbocycles. The number of fused-ring (bicyclic) bond motifs is 1. The molecule has 185 valence electrons. The summed E-state index contributed by atoms with van der Waals surface area (Å²) < 4.78 is 0.254. The number of allylic oxidation sites excluding steroid dienone is 1. The predicted molar refractivity (Wildman–Crippen MR) is 150 cm³/mol. The zero-order valence-electron chi connectivity index (χ0n) is 23.1. The van der Waals surface area contributed by atoms with E-state index in [9.17, 15) is 0 Å². The van der Waals surface area contributed by atoms with Crippen molar-refractivity contribution < 1.29 is 19.4 Å². The van der Waals surface area contributed by atoms with Crippen molar-refractivity contribution in [3.8, 4) is 11.1 Å². The molecular formula is C31H43Cl2Zr. The number of halogens is 2. The molecule has 0 nitrogen and oxygen atoms in total. The molecule has 34 heavy (non-hydrogen) atoms. The zero-order valence-corrected chi connectivity index (χ0v) is 27.1. The quantitative estimate of drug-likeness (QED) is 0.339. The van der Waals surface area contributed by atoms with Crippen molar-refractivity contribution in [1.29, 1.82) is 0 Å². The van der Waals surface area contributed by atoms with E-state index in [1.807, 2.05) is 0 Å². The van der Waals surface area contributed by atoms with E-state index in [-0.39, 0.29) is 19.9 Å². The van der Waals surface area contributed by atoms with Crippen LogP contribution in [0.3, 0.4) is 0 Å². The molecule has 0 heterocycles. The van der Waals surface area contributed by atoms with Gasteiger partial charge in [0.05, 0.1) is 0 Å². The van der Waals surface area contributed by atoms with Gasteiger partial charge in [-0.25, -0.2) is 0 Å². The molecule has 3 heteroatoms. The van der Waals surface area contributed by atoms with Crippen molar-refractivity contribution in [3.05, 3.63) is 63.7 Å². The second-order valence-corrected chi connectivity index (χ2v) is 22.4. The van der Waals surface area contributed by atoms with Gasteiger partial charge in [-0.05, 0) is 0 Å². The fraction of sp³-hybridized carbons (Fsp3) is 0.548. The van der Waals surface area contributed by atoms with Gasteiger partial charge in [0.2, 0.25) is 0 Å². The Morgan fingerprint density at radius 1 is 0.794 bits per heavy atom. The van der Waals surface area contributed by atoms with Crippen LogP contribution in [0, 0.1) is 5.92 Å². The number of rotatable bonds is 4. The Labute approximate surface area is 224 Å². The Morgan fingerprint density at radius 3 is 1.74 bits per heavy atom. The Bertz CT molecular complexity index is 1050. The summed E-state index contributed by atoms with van der Waals surface area (Å²) in [6, 6.07) is 12.0. The molecule has 0 bridgehead atoms. The van der Waals surface area contributed by atoms with Crippen LogP contribution in [0.5, 0.6) is 0 Å². The zero-order chi connectivity index (χ0) is 25.8. The normalized spacial score (nSPS) is 16.6. The van der Waals surface area contributed by atoms with E-state index in [1.54, 1.807) is 0 Å². The van der Waals surface area contributed by atoms with Gasteiger partial charge in [-0.2, -0.15) is 0 Å². The molecule has 0 fully saturated rings. The van der Waals surface area contributed by atoms with Crippen LogP contribution in [0.2, 0.25) is 0 Å². The maximum atomic E-state index is 6.81. The predicted octanol–water partition coefficient (Wildman–Crippen LogP) is 10.7. The molecule has 1 unspecified atom stereocenters. The molecule has 1 atom stereocenters. The van der Waals surface area contributed by atoms with Crippen molar-refractivity contribution >= 4 is 23.1 Å². The summed E-state index contributed by atoms with van der Waals surface area (Å²) in [5.41, 5.74) is 11.2. The van der Waals surface area contributed by atoms with Crippen LogP contribution in [0.4, 0.5) is 0 Å². The van der Waals surface area contributed by atoms with Gasteiger partial charge < -0.3 is 0 Å². The van der Waals surface area contributed by atoms with E-state index in [4.69, 9.17) is 17.0 Å². The summed E-state index contributed by atoms with van der Waals surface area (Å²) in [7, 11) is 13.6. The third kappa shape index (κ3) is 5.95. The van der Waals surface area contributed by atoms with E-state index in [0.717, 1.165) is 6.42 Å². The maximum absolute atomic E-state index is 6.81. The van der Waals surface area contributed by atoms with Gasteiger partial charge in [0.1, 0.15) is 0 Å². The van der Waals surface area contributed by atoms with E-state index < -0.39 is 19.4 Å². The Morgan fingerprint density at radius 2 is 1.32 bits per heavy atom. The molecule has 0 N–H and O–H groups in total. The second-order valence-electron chi connectivity index (χ2n) is 13.6. The first kappa shape index (κ1) is 28.2. The Kier molecular flexibility index (Phi) is 8.16. The summed E-state index contributed by atoms with van der Waals surface area (Å²) in [6.45, 7) is 25.4. The first-order valence-electron chi connectivity index (χ1n) is 12.6. The van der Waals surface area contributed by atoms with E-state index in [1.165, 1.54) is 44.5 Å². The minimum atomic E-state index is -2.57. The molecule has 0 aliphatic heterocycles. The summed E-state index contributed by atoms with van der Waals surface area (Å²) in [5, 5.41) is 0. The molecule has 0 amide bonds. The summed E-state index contributed by atoms with van der Waals surface area (Å²) in [5.74, 6) is 0.585. The van der Waals surface area contributed by atoms with Crippen molar-refractivity contribution in [2.75, 3.05) is 0 Å². The van der Waals surface area contributed by atoms with Crippen LogP contribution in [0.25, 0.3) is 17.2 Å². The van der Waals surface area contributed by atoms with Crippen LogP contribution in [0.1, 0.15) is 114 Å². The molecular weight excluding hydrogens is 534 g/mol. The first-order chi connectivity index (χ1) is 15.4. The van der Waals surface area contributed by atoms with Crippen molar-refractivity contribution in [1.82, 2.24) is 0 Å². The fourth-order valence-electron chi connectivity index (χ4n) is 4.99. The molecule has 1 aliphatic rings. The standard InChI is InChI=1S/C31H43.2ClH.Zr/c1-20(2)14-21-15-22-12-13-27(31(9,10)11)28(26(22)16-21)23-17-24(29(3,4)5)19-25(18-23)30(6,7)8;;;/h12-13,15-20H,14H2,1-11H3;2*1H;/q;;;+2/p-2. The summed E-state index contributed by atoms with van der Waals surface area (Å²) in [6.07, 6.45) is 3.51. The minimum absolute atomic E-state index is 0.0254. The summed E-state index contributed by atoms with van der Waals surface area (Å²) >= 11 is -2.57. The summed E-state index contributed by atoms with van der Waals surface area (Å²) in [4.78, 5) is 0. The third-order valence-corrected chi connectivity index (χ3v) is 12.2. The van der Waals surface area contributed by atoms with Crippen molar-refractivity contribution in [3.63, 3.8) is 0 Å². The van der Waals surface area contributed by atoms with E-state index in [0.29, 0.717) is 5.92 Å². The topological polar surface area (TPSA) is 0 Å². The number of hydrogen-bond acceptors (Lipinski definition) is 0. The van der Waals surface area contributed by atoms with Crippen LogP contribution in [-0.2, 0) is 35.6 Å². The molecule has 1 aliphatic carbocycles. The number of hydrogen-bond donors (Lipinski definition) is 0. The van der Waals surface area contributed by atoms with E-state index in [2.05, 4.69) is 113 Å². The Hall–Kier alpha value is -0.357. The Balaban J connectivity index is 2.43. The van der Waals surface area contributed by atoms with Gasteiger partial charge in [0.15, 0.2) is 0 Å². The average molecular weight is 578 g/mol. The van der Waals surface area contributed by atoms with Crippen LogP contribution >= 0.6 is 17.0 Å². The molecule has 0 saturated heterocycles. The average Bonchev–Trinajstić information content (AvgIpc) is 3.01.